The molecule has 0 saturated heterocycles. The number of hydrogen-bond acceptors (Lipinski definition) is 0. The zero-order valence-corrected chi connectivity index (χ0v) is 18.0. The van der Waals surface area contributed by atoms with Crippen molar-refractivity contribution >= 4 is 36.8 Å². The van der Waals surface area contributed by atoms with Gasteiger partial charge >= 0.3 is 113 Å². The van der Waals surface area contributed by atoms with E-state index in [1.807, 2.05) is 0 Å². The summed E-state index contributed by atoms with van der Waals surface area (Å²) in [4.78, 5) is 0. The van der Waals surface area contributed by atoms with E-state index in [-0.39, 0.29) is 0 Å². The van der Waals surface area contributed by atoms with Gasteiger partial charge in [-0.15, -0.1) is 0 Å². The molecule has 0 saturated carbocycles. The molecule has 0 N–H and O–H groups in total. The van der Waals surface area contributed by atoms with Crippen molar-refractivity contribution < 1.29 is 0 Å². The summed E-state index contributed by atoms with van der Waals surface area (Å²) in [5.41, 5.74) is 0. The molecule has 0 aliphatic rings. The fourth-order valence-corrected chi connectivity index (χ4v) is 25.6. The summed E-state index contributed by atoms with van der Waals surface area (Å²) in [5.74, 6) is 0. The van der Waals surface area contributed by atoms with Gasteiger partial charge in [0.1, 0.15) is 0 Å². The molecule has 0 rings (SSSR count). The molecule has 94 valence electrons. The van der Waals surface area contributed by atoms with Crippen molar-refractivity contribution in [2.75, 3.05) is 0 Å². The molecule has 0 unspecified atom stereocenters. The molecule has 16 heavy (non-hydrogen) atoms. The van der Waals surface area contributed by atoms with Gasteiger partial charge < -0.3 is 0 Å². The zero-order valence-electron chi connectivity index (χ0n) is 12.2. The van der Waals surface area contributed by atoms with Crippen LogP contribution in [-0.4, -0.2) is 36.8 Å². The fourth-order valence-electron chi connectivity index (χ4n) is 2.30. The van der Waals surface area contributed by atoms with E-state index in [1.54, 1.807) is 0 Å². The van der Waals surface area contributed by atoms with Crippen LogP contribution in [0.15, 0.2) is 0 Å². The summed E-state index contributed by atoms with van der Waals surface area (Å²) < 4.78 is 16.4. The van der Waals surface area contributed by atoms with Gasteiger partial charge in [0.25, 0.3) is 0 Å². The van der Waals surface area contributed by atoms with E-state index in [1.165, 1.54) is 26.6 Å². The Kier molecular flexibility index (Phi) is 8.89. The van der Waals surface area contributed by atoms with Crippen LogP contribution >= 0.6 is 0 Å². The van der Waals surface area contributed by atoms with Crippen molar-refractivity contribution in [1.29, 1.82) is 0 Å². The van der Waals surface area contributed by atoms with Crippen LogP contribution in [0.5, 0.6) is 0 Å². The third kappa shape index (κ3) is 4.44. The molecule has 0 heterocycles. The summed E-state index contributed by atoms with van der Waals surface area (Å²) in [5, 5.41) is 0. The molecule has 0 nitrogen and oxygen atoms in total. The molecule has 0 bridgehead atoms. The second kappa shape index (κ2) is 8.29. The fraction of sp³-hybridized carbons (Fsp3) is 0.857. The van der Waals surface area contributed by atoms with E-state index in [2.05, 4.69) is 49.4 Å². The third-order valence-electron chi connectivity index (χ3n) is 4.65. The number of rotatable bonds is 6. The first kappa shape index (κ1) is 17.2. The molecule has 0 aromatic rings. The van der Waals surface area contributed by atoms with Gasteiger partial charge in [-0.3, -0.25) is 0 Å². The van der Waals surface area contributed by atoms with Crippen LogP contribution in [-0.2, 0) is 0 Å². The molecule has 0 spiro atoms. The van der Waals surface area contributed by atoms with Crippen LogP contribution < -0.4 is 0 Å². The molecule has 0 fully saturated rings. The van der Waals surface area contributed by atoms with Gasteiger partial charge in [-0.25, -0.2) is 0 Å². The zero-order chi connectivity index (χ0) is 12.7. The Bertz CT molecular complexity index is 199. The Hall–Kier alpha value is 1.16. The summed E-state index contributed by atoms with van der Waals surface area (Å²) >= 11 is -3.91. The predicted octanol–water partition coefficient (Wildman–Crippen LogP) is 5.09. The molecule has 0 aliphatic carbocycles. The Morgan fingerprint density at radius 3 is 0.812 bits per heavy atom. The number of hydrogen-bond donors (Lipinski definition) is 0. The van der Waals surface area contributed by atoms with Crippen molar-refractivity contribution in [3.63, 3.8) is 0 Å². The molecule has 0 amide bonds. The molecule has 0 aromatic heterocycles. The van der Waals surface area contributed by atoms with Crippen molar-refractivity contribution in [1.82, 2.24) is 0 Å². The minimum absolute atomic E-state index is 1.42. The van der Waals surface area contributed by atoms with Gasteiger partial charge in [0, 0.05) is 0 Å². The average Bonchev–Trinajstić information content (AvgIpc) is 2.37. The van der Waals surface area contributed by atoms with Gasteiger partial charge in [-0.05, 0) is 0 Å². The second-order valence-corrected chi connectivity index (χ2v) is 33.1. The Morgan fingerprint density at radius 2 is 0.688 bits per heavy atom. The third-order valence-corrected chi connectivity index (χ3v) is 33.6. The van der Waals surface area contributed by atoms with E-state index in [4.69, 9.17) is 0 Å². The Morgan fingerprint density at radius 1 is 0.500 bits per heavy atom. The van der Waals surface area contributed by atoms with E-state index in [9.17, 15) is 0 Å². The van der Waals surface area contributed by atoms with Crippen LogP contribution in [0.2, 0.25) is 26.6 Å². The molecule has 0 atom stereocenters. The predicted molar refractivity (Wildman–Crippen MR) is 82.2 cm³/mol. The maximum atomic E-state index is 3.93. The van der Waals surface area contributed by atoms with Crippen molar-refractivity contribution in [3.8, 4) is 7.87 Å². The SMILES string of the molecule is C[CH2][Sn]([C]#[C][Sn]([CH2]C)([CH2]C)[CH2]C)([CH2]C)[CH2]C. The van der Waals surface area contributed by atoms with Crippen LogP contribution in [0.4, 0.5) is 0 Å². The summed E-state index contributed by atoms with van der Waals surface area (Å²) in [7, 11) is 0. The van der Waals surface area contributed by atoms with Gasteiger partial charge in [0.05, 0.1) is 0 Å². The molecular formula is C14H30Sn2. The Labute approximate surface area is 112 Å². The van der Waals surface area contributed by atoms with Gasteiger partial charge in [0.15, 0.2) is 0 Å². The first-order valence-corrected chi connectivity index (χ1v) is 22.1. The quantitative estimate of drug-likeness (QED) is 0.403. The van der Waals surface area contributed by atoms with Gasteiger partial charge in [-0.1, -0.05) is 0 Å². The normalized spacial score (nSPS) is 12.1. The Balaban J connectivity index is 5.03. The topological polar surface area (TPSA) is 0 Å². The van der Waals surface area contributed by atoms with Crippen LogP contribution in [0.25, 0.3) is 0 Å². The molecule has 0 radical (unpaired) electrons. The first-order valence-electron chi connectivity index (χ1n) is 7.11. The average molecular weight is 436 g/mol. The monoisotopic (exact) mass is 438 g/mol. The maximum absolute atomic E-state index is 3.93. The molecule has 2 heteroatoms. The standard InChI is InChI=1S/6C2H5.C2.2Sn/c7*1-2;;/h6*1H2,2H3;;;. The minimum atomic E-state index is -1.96. The van der Waals surface area contributed by atoms with E-state index in [0.29, 0.717) is 0 Å². The van der Waals surface area contributed by atoms with E-state index >= 15 is 0 Å². The molecule has 0 aromatic carbocycles. The van der Waals surface area contributed by atoms with Crippen LogP contribution in [0.1, 0.15) is 41.5 Å². The summed E-state index contributed by atoms with van der Waals surface area (Å²) in [6.45, 7) is 14.3. The van der Waals surface area contributed by atoms with Crippen molar-refractivity contribution in [2.24, 2.45) is 0 Å². The molecular weight excluding hydrogens is 406 g/mol. The van der Waals surface area contributed by atoms with Gasteiger partial charge in [0.2, 0.25) is 0 Å². The van der Waals surface area contributed by atoms with Gasteiger partial charge in [-0.2, -0.15) is 0 Å². The van der Waals surface area contributed by atoms with Crippen LogP contribution in [0.3, 0.4) is 0 Å². The summed E-state index contributed by atoms with van der Waals surface area (Å²) in [6, 6.07) is 0. The van der Waals surface area contributed by atoms with E-state index in [0.717, 1.165) is 0 Å². The first-order chi connectivity index (χ1) is 7.57. The summed E-state index contributed by atoms with van der Waals surface area (Å²) in [6.07, 6.45) is 0. The van der Waals surface area contributed by atoms with Crippen molar-refractivity contribution in [3.05, 3.63) is 0 Å². The molecule has 0 aliphatic heterocycles. The van der Waals surface area contributed by atoms with E-state index < -0.39 is 36.8 Å². The second-order valence-electron chi connectivity index (χ2n) is 4.93. The van der Waals surface area contributed by atoms with Crippen LogP contribution in [0, 0.1) is 7.87 Å². The van der Waals surface area contributed by atoms with Crippen molar-refractivity contribution in [2.45, 2.75) is 68.2 Å².